The van der Waals surface area contributed by atoms with Crippen LogP contribution in [0.25, 0.3) is 11.4 Å². The van der Waals surface area contributed by atoms with Crippen LogP contribution in [0, 0.1) is 18.3 Å². The van der Waals surface area contributed by atoms with Crippen molar-refractivity contribution in [1.29, 1.82) is 0 Å². The summed E-state index contributed by atoms with van der Waals surface area (Å²) in [6, 6.07) is 12.1. The number of halogens is 4. The number of ether oxygens (including phenoxy) is 1. The molecule has 0 atom stereocenters. The second kappa shape index (κ2) is 15.7. The Morgan fingerprint density at radius 2 is 1.77 bits per heavy atom. The minimum Gasteiger partial charge on any atom is -0.485 e. The van der Waals surface area contributed by atoms with E-state index in [1.807, 2.05) is 48.2 Å². The van der Waals surface area contributed by atoms with Gasteiger partial charge >= 0.3 is 12.1 Å². The Kier molecular flexibility index (Phi) is 10.6. The number of benzene rings is 2. The predicted octanol–water partition coefficient (Wildman–Crippen LogP) is 5.67. The monoisotopic (exact) mass is 845 g/mol. The summed E-state index contributed by atoms with van der Waals surface area (Å²) in [5.41, 5.74) is 1.21. The number of carbonyl (C=O) groups is 3. The summed E-state index contributed by atoms with van der Waals surface area (Å²) in [6.07, 6.45) is 0.415. The molecule has 2 N–H and O–H groups in total. The smallest absolute Gasteiger partial charge is 0.416 e. The Hall–Kier alpha value is -6.30. The van der Waals surface area contributed by atoms with Gasteiger partial charge in [-0.25, -0.2) is 9.97 Å². The number of rotatable bonds is 11. The Morgan fingerprint density at radius 1 is 1.05 bits per heavy atom. The van der Waals surface area contributed by atoms with Gasteiger partial charge in [0.15, 0.2) is 17.3 Å². The van der Waals surface area contributed by atoms with Crippen LogP contribution in [-0.2, 0) is 35.3 Å². The summed E-state index contributed by atoms with van der Waals surface area (Å²) in [6.45, 7) is 4.24. The third-order valence-electron chi connectivity index (χ3n) is 11.3. The van der Waals surface area contributed by atoms with Crippen molar-refractivity contribution in [3.05, 3.63) is 110 Å². The lowest BCUT2D eigenvalue weighted by Crippen LogP contribution is -2.51. The molecule has 3 aliphatic rings. The van der Waals surface area contributed by atoms with Gasteiger partial charge in [0.05, 0.1) is 33.6 Å². The molecule has 0 radical (unpaired) electrons. The fourth-order valence-corrected chi connectivity index (χ4v) is 8.44. The highest BCUT2D eigenvalue weighted by Crippen LogP contribution is 2.59. The first-order valence-electron chi connectivity index (χ1n) is 19.3. The Labute approximate surface area is 345 Å². The highest BCUT2D eigenvalue weighted by molar-refractivity contribution is 6.33. The topological polar surface area (TPSA) is 177 Å². The number of amides is 2. The molecule has 1 aliphatic heterocycles. The molecule has 19 heteroatoms. The van der Waals surface area contributed by atoms with E-state index in [0.717, 1.165) is 33.9 Å². The largest absolute Gasteiger partial charge is 0.485 e. The molecule has 2 amide bonds. The predicted molar refractivity (Wildman–Crippen MR) is 213 cm³/mol. The van der Waals surface area contributed by atoms with Crippen LogP contribution in [0.1, 0.15) is 65.0 Å². The molecule has 15 nitrogen and oxygen atoms in total. The highest BCUT2D eigenvalue weighted by atomic mass is 35.5. The zero-order valence-electron chi connectivity index (χ0n) is 32.5. The second-order valence-corrected chi connectivity index (χ2v) is 15.7. The number of aliphatic carboxylic acids is 1. The van der Waals surface area contributed by atoms with Gasteiger partial charge in [0.2, 0.25) is 11.7 Å². The van der Waals surface area contributed by atoms with Gasteiger partial charge in [-0.3, -0.25) is 19.2 Å². The number of carbonyl (C=O) groups excluding carboxylic acids is 2. The molecule has 60 heavy (non-hydrogen) atoms. The summed E-state index contributed by atoms with van der Waals surface area (Å²) in [5, 5.41) is 16.3. The van der Waals surface area contributed by atoms with E-state index in [-0.39, 0.29) is 90.0 Å². The van der Waals surface area contributed by atoms with Crippen LogP contribution in [0.2, 0.25) is 5.02 Å². The molecular weight excluding hydrogens is 807 g/mol. The summed E-state index contributed by atoms with van der Waals surface area (Å²) in [5.74, 6) is -1.67. The molecule has 2 aliphatic carbocycles. The van der Waals surface area contributed by atoms with Gasteiger partial charge in [0.1, 0.15) is 25.2 Å². The van der Waals surface area contributed by atoms with E-state index in [4.69, 9.17) is 21.3 Å². The lowest BCUT2D eigenvalue weighted by molar-refractivity contribution is -0.148. The molecule has 5 aromatic rings. The van der Waals surface area contributed by atoms with Crippen molar-refractivity contribution in [2.75, 3.05) is 36.4 Å². The number of alkyl halides is 3. The van der Waals surface area contributed by atoms with Gasteiger partial charge < -0.3 is 29.5 Å². The minimum atomic E-state index is -4.63. The fourth-order valence-electron chi connectivity index (χ4n) is 8.21. The molecule has 1 saturated carbocycles. The summed E-state index contributed by atoms with van der Waals surface area (Å²) in [7, 11) is 0. The average molecular weight is 846 g/mol. The molecule has 0 bridgehead atoms. The van der Waals surface area contributed by atoms with Crippen LogP contribution in [0.4, 0.5) is 24.5 Å². The number of allylic oxidation sites excluding steroid dienone is 2. The Morgan fingerprint density at radius 3 is 2.42 bits per heavy atom. The zero-order valence-corrected chi connectivity index (χ0v) is 33.3. The van der Waals surface area contributed by atoms with Gasteiger partial charge in [0.25, 0.3) is 11.5 Å². The zero-order chi connectivity index (χ0) is 42.5. The number of hydrogen-bond donors (Lipinski definition) is 2. The summed E-state index contributed by atoms with van der Waals surface area (Å²) >= 11 is 6.16. The molecule has 1 saturated heterocycles. The van der Waals surface area contributed by atoms with Crippen LogP contribution in [-0.4, -0.2) is 83.1 Å². The van der Waals surface area contributed by atoms with E-state index in [1.54, 1.807) is 16.4 Å². The SMILES string of the molecule is CCc1c(N2CCN(C(=O)c3ncnc(C)c3OCc3ccccc3)CC2)c(=O)n2nc(C3=CC4(C3)CC(C(=O)O)C4)nc2n1CC(=O)Nc1ccc(C(F)(F)F)cc1Cl. The third-order valence-corrected chi connectivity index (χ3v) is 11.6. The normalized spacial score (nSPS) is 18.8. The van der Waals surface area contributed by atoms with Crippen molar-refractivity contribution in [1.82, 2.24) is 34.0 Å². The first-order valence-corrected chi connectivity index (χ1v) is 19.7. The van der Waals surface area contributed by atoms with Crippen LogP contribution in [0.15, 0.2) is 65.7 Å². The average Bonchev–Trinajstić information content (AvgIpc) is 3.63. The van der Waals surface area contributed by atoms with Crippen molar-refractivity contribution >= 4 is 52.1 Å². The van der Waals surface area contributed by atoms with E-state index in [1.165, 1.54) is 6.33 Å². The number of hydrogen-bond acceptors (Lipinski definition) is 10. The van der Waals surface area contributed by atoms with Crippen molar-refractivity contribution in [3.8, 4) is 5.75 Å². The second-order valence-electron chi connectivity index (χ2n) is 15.3. The van der Waals surface area contributed by atoms with Crippen molar-refractivity contribution in [2.45, 2.75) is 58.9 Å². The van der Waals surface area contributed by atoms with Gasteiger partial charge in [0, 0.05) is 26.2 Å². The van der Waals surface area contributed by atoms with E-state index in [9.17, 15) is 37.5 Å². The van der Waals surface area contributed by atoms with Gasteiger partial charge in [-0.1, -0.05) is 54.9 Å². The van der Waals surface area contributed by atoms with Crippen molar-refractivity contribution < 1.29 is 37.4 Å². The van der Waals surface area contributed by atoms with E-state index in [2.05, 4.69) is 20.4 Å². The van der Waals surface area contributed by atoms with Crippen LogP contribution in [0.3, 0.4) is 0 Å². The number of carboxylic acids is 1. The maximum absolute atomic E-state index is 14.5. The molecular formula is C41H39ClF3N9O6. The van der Waals surface area contributed by atoms with Crippen LogP contribution in [0.5, 0.6) is 5.75 Å². The quantitative estimate of drug-likeness (QED) is 0.168. The fraction of sp³-hybridized carbons (Fsp3) is 0.366. The molecule has 2 fully saturated rings. The molecule has 0 unspecified atom stereocenters. The minimum absolute atomic E-state index is 0.0365. The molecule has 8 rings (SSSR count). The number of aromatic nitrogens is 6. The number of anilines is 2. The Bertz CT molecular complexity index is 2620. The first-order chi connectivity index (χ1) is 28.6. The van der Waals surface area contributed by atoms with E-state index < -0.39 is 41.6 Å². The Balaban J connectivity index is 1.08. The first kappa shape index (κ1) is 40.5. The van der Waals surface area contributed by atoms with Crippen LogP contribution >= 0.6 is 11.6 Å². The molecule has 312 valence electrons. The van der Waals surface area contributed by atoms with Gasteiger partial charge in [-0.2, -0.15) is 22.7 Å². The molecule has 4 heterocycles. The lowest BCUT2D eigenvalue weighted by Gasteiger charge is -2.50. The van der Waals surface area contributed by atoms with Crippen molar-refractivity contribution in [3.63, 3.8) is 0 Å². The number of carboxylic acid groups (broad SMARTS) is 1. The van der Waals surface area contributed by atoms with Gasteiger partial charge in [-0.05, 0) is 67.4 Å². The highest BCUT2D eigenvalue weighted by Gasteiger charge is 2.51. The standard InChI is InChI=1S/C41H39ClF3N9O6/c1-3-30-33(51-11-13-52(14-12-51)36(56)32-34(23(2)46-22-47-32)60-21-24-7-5-4-6-8-24)37(57)54-39(49-35(50-54)25-16-40(17-25)18-26(19-40)38(58)59)53(30)20-31(55)48-29-10-9-27(15-28(29)42)41(43,44)45/h4-10,15-16,22,26H,3,11-14,17-21H2,1-2H3,(H,48,55)(H,58,59). The number of nitrogens with one attached hydrogen (secondary N) is 1. The van der Waals surface area contributed by atoms with Gasteiger partial charge in [-0.15, -0.1) is 5.10 Å². The molecule has 1 spiro atoms. The number of piperazine rings is 1. The third kappa shape index (κ3) is 7.66. The summed E-state index contributed by atoms with van der Waals surface area (Å²) in [4.78, 5) is 70.2. The van der Waals surface area contributed by atoms with Crippen LogP contribution < -0.4 is 20.5 Å². The molecule has 2 aromatic carbocycles. The maximum atomic E-state index is 14.5. The molecule has 3 aromatic heterocycles. The van der Waals surface area contributed by atoms with E-state index >= 15 is 0 Å². The number of aryl methyl sites for hydroxylation is 1. The lowest BCUT2D eigenvalue weighted by atomic mass is 9.53. The van der Waals surface area contributed by atoms with E-state index in [0.29, 0.717) is 30.7 Å². The number of nitrogens with zero attached hydrogens (tertiary/aromatic N) is 8. The van der Waals surface area contributed by atoms with Crippen molar-refractivity contribution in [2.24, 2.45) is 11.3 Å². The maximum Gasteiger partial charge on any atom is 0.416 e. The number of fused-ring (bicyclic) bond motifs is 1. The summed E-state index contributed by atoms with van der Waals surface area (Å²) < 4.78 is 48.7.